The van der Waals surface area contributed by atoms with E-state index in [1.807, 2.05) is 0 Å². The van der Waals surface area contributed by atoms with Crippen LogP contribution in [0.25, 0.3) is 0 Å². The van der Waals surface area contributed by atoms with Crippen molar-refractivity contribution in [1.29, 1.82) is 0 Å². The number of anilines is 1. The summed E-state index contributed by atoms with van der Waals surface area (Å²) in [5.74, 6) is -0.00609. The maximum Gasteiger partial charge on any atom is 0.339 e. The number of piperazine rings is 1. The molecular formula is C18H21FN2O4. The molecule has 25 heavy (non-hydrogen) atoms. The minimum Gasteiger partial charge on any atom is -0.494 e. The molecule has 2 aromatic rings. The summed E-state index contributed by atoms with van der Waals surface area (Å²) in [6.45, 7) is 5.44. The molecule has 6 nitrogen and oxygen atoms in total. The second kappa shape index (κ2) is 7.14. The Kier molecular flexibility index (Phi) is 4.94. The Morgan fingerprint density at radius 2 is 2.00 bits per heavy atom. The third kappa shape index (κ3) is 3.76. The van der Waals surface area contributed by atoms with Crippen molar-refractivity contribution in [2.24, 2.45) is 0 Å². The van der Waals surface area contributed by atoms with E-state index >= 15 is 0 Å². The Morgan fingerprint density at radius 3 is 2.60 bits per heavy atom. The predicted molar refractivity (Wildman–Crippen MR) is 90.8 cm³/mol. The maximum absolute atomic E-state index is 13.5. The van der Waals surface area contributed by atoms with Gasteiger partial charge in [0.15, 0.2) is 11.6 Å². The third-order valence-electron chi connectivity index (χ3n) is 4.45. The van der Waals surface area contributed by atoms with E-state index in [9.17, 15) is 9.18 Å². The second-order valence-electron chi connectivity index (χ2n) is 6.07. The van der Waals surface area contributed by atoms with Gasteiger partial charge in [-0.2, -0.15) is 0 Å². The van der Waals surface area contributed by atoms with E-state index in [1.165, 1.54) is 13.2 Å². The lowest BCUT2D eigenvalue weighted by atomic mass is 10.2. The number of benzene rings is 1. The van der Waals surface area contributed by atoms with Gasteiger partial charge in [0.2, 0.25) is 0 Å². The first kappa shape index (κ1) is 17.3. The van der Waals surface area contributed by atoms with Crippen molar-refractivity contribution in [2.75, 3.05) is 38.2 Å². The molecule has 1 aliphatic heterocycles. The molecular weight excluding hydrogens is 327 g/mol. The van der Waals surface area contributed by atoms with Crippen LogP contribution < -0.4 is 9.64 Å². The number of hydrogen-bond donors (Lipinski definition) is 1. The minimum absolute atomic E-state index is 0.215. The van der Waals surface area contributed by atoms with E-state index in [2.05, 4.69) is 9.80 Å². The van der Waals surface area contributed by atoms with Gasteiger partial charge in [-0.05, 0) is 25.1 Å². The van der Waals surface area contributed by atoms with Crippen LogP contribution in [0.1, 0.15) is 21.9 Å². The largest absolute Gasteiger partial charge is 0.494 e. The fraction of sp³-hybridized carbons (Fsp3) is 0.389. The number of ether oxygens (including phenoxy) is 1. The topological polar surface area (TPSA) is 66.2 Å². The van der Waals surface area contributed by atoms with E-state index in [-0.39, 0.29) is 17.1 Å². The zero-order chi connectivity index (χ0) is 18.0. The standard InChI is InChI=1S/C18H21FN2O4/c1-12-15(18(22)23)10-14(25-12)11-20-5-7-21(8-6-20)13-3-4-16(19)17(9-13)24-2/h3-4,9-10H,5-8,11H2,1-2H3,(H,22,23). The van der Waals surface area contributed by atoms with Crippen LogP contribution in [-0.4, -0.2) is 49.3 Å². The second-order valence-corrected chi connectivity index (χ2v) is 6.07. The fourth-order valence-corrected chi connectivity index (χ4v) is 3.06. The number of rotatable bonds is 5. The summed E-state index contributed by atoms with van der Waals surface area (Å²) >= 11 is 0. The van der Waals surface area contributed by atoms with Crippen molar-refractivity contribution in [3.8, 4) is 5.75 Å². The lowest BCUT2D eigenvalue weighted by Gasteiger charge is -2.35. The number of methoxy groups -OCH3 is 1. The zero-order valence-corrected chi connectivity index (χ0v) is 14.3. The van der Waals surface area contributed by atoms with Crippen molar-refractivity contribution in [1.82, 2.24) is 4.90 Å². The number of carboxylic acids is 1. The normalized spacial score (nSPS) is 15.4. The lowest BCUT2D eigenvalue weighted by Crippen LogP contribution is -2.45. The number of aromatic carboxylic acids is 1. The monoisotopic (exact) mass is 348 g/mol. The van der Waals surface area contributed by atoms with Crippen molar-refractivity contribution in [3.05, 3.63) is 47.2 Å². The van der Waals surface area contributed by atoms with Crippen LogP contribution in [0.3, 0.4) is 0 Å². The molecule has 134 valence electrons. The van der Waals surface area contributed by atoms with Crippen LogP contribution in [0.5, 0.6) is 5.75 Å². The quantitative estimate of drug-likeness (QED) is 0.896. The van der Waals surface area contributed by atoms with E-state index in [1.54, 1.807) is 25.1 Å². The summed E-state index contributed by atoms with van der Waals surface area (Å²) in [7, 11) is 1.46. The zero-order valence-electron chi connectivity index (χ0n) is 14.3. The lowest BCUT2D eigenvalue weighted by molar-refractivity contribution is 0.0695. The molecule has 1 N–H and O–H groups in total. The molecule has 0 bridgehead atoms. The Balaban J connectivity index is 1.60. The van der Waals surface area contributed by atoms with Crippen molar-refractivity contribution < 1.29 is 23.4 Å². The summed E-state index contributed by atoms with van der Waals surface area (Å²) in [6.07, 6.45) is 0. The van der Waals surface area contributed by atoms with E-state index in [0.29, 0.717) is 18.1 Å². The Labute approximate surface area is 145 Å². The number of aryl methyl sites for hydroxylation is 1. The maximum atomic E-state index is 13.5. The Hall–Kier alpha value is -2.54. The molecule has 0 atom stereocenters. The highest BCUT2D eigenvalue weighted by atomic mass is 19.1. The summed E-state index contributed by atoms with van der Waals surface area (Å²) in [5.41, 5.74) is 1.15. The first-order valence-electron chi connectivity index (χ1n) is 8.11. The van der Waals surface area contributed by atoms with Crippen molar-refractivity contribution in [2.45, 2.75) is 13.5 Å². The third-order valence-corrected chi connectivity index (χ3v) is 4.45. The van der Waals surface area contributed by atoms with Crippen molar-refractivity contribution >= 4 is 11.7 Å². The van der Waals surface area contributed by atoms with Crippen LogP contribution in [0.2, 0.25) is 0 Å². The molecule has 3 rings (SSSR count). The highest BCUT2D eigenvalue weighted by molar-refractivity contribution is 5.88. The molecule has 1 fully saturated rings. The average Bonchev–Trinajstić information content (AvgIpc) is 2.97. The van der Waals surface area contributed by atoms with Gasteiger partial charge in [-0.25, -0.2) is 9.18 Å². The summed E-state index contributed by atoms with van der Waals surface area (Å²) in [5, 5.41) is 9.09. The molecule has 0 saturated carbocycles. The van der Waals surface area contributed by atoms with Crippen molar-refractivity contribution in [3.63, 3.8) is 0 Å². The summed E-state index contributed by atoms with van der Waals surface area (Å²) < 4.78 is 24.1. The smallest absolute Gasteiger partial charge is 0.339 e. The van der Waals surface area contributed by atoms with Gasteiger partial charge in [-0.3, -0.25) is 4.90 Å². The molecule has 0 amide bonds. The molecule has 0 radical (unpaired) electrons. The highest BCUT2D eigenvalue weighted by Crippen LogP contribution is 2.25. The van der Waals surface area contributed by atoms with Crippen LogP contribution in [0.15, 0.2) is 28.7 Å². The number of halogens is 1. The molecule has 1 aliphatic rings. The number of carbonyl (C=O) groups is 1. The van der Waals surface area contributed by atoms with E-state index < -0.39 is 5.97 Å². The van der Waals surface area contributed by atoms with Crippen LogP contribution in [0, 0.1) is 12.7 Å². The van der Waals surface area contributed by atoms with Gasteiger partial charge < -0.3 is 19.2 Å². The van der Waals surface area contributed by atoms with Gasteiger partial charge in [-0.15, -0.1) is 0 Å². The van der Waals surface area contributed by atoms with Crippen LogP contribution in [-0.2, 0) is 6.54 Å². The van der Waals surface area contributed by atoms with Crippen LogP contribution >= 0.6 is 0 Å². The number of furan rings is 1. The van der Waals surface area contributed by atoms with Gasteiger partial charge in [0.05, 0.1) is 13.7 Å². The molecule has 0 spiro atoms. The number of carboxylic acid groups (broad SMARTS) is 1. The van der Waals surface area contributed by atoms with Gasteiger partial charge in [0, 0.05) is 37.9 Å². The van der Waals surface area contributed by atoms with Gasteiger partial charge in [0.1, 0.15) is 17.1 Å². The Bertz CT molecular complexity index is 766. The first-order valence-corrected chi connectivity index (χ1v) is 8.11. The molecule has 1 saturated heterocycles. The Morgan fingerprint density at radius 1 is 1.28 bits per heavy atom. The predicted octanol–water partition coefficient (Wildman–Crippen LogP) is 2.76. The molecule has 7 heteroatoms. The average molecular weight is 348 g/mol. The van der Waals surface area contributed by atoms with Gasteiger partial charge in [-0.1, -0.05) is 0 Å². The number of hydrogen-bond acceptors (Lipinski definition) is 5. The van der Waals surface area contributed by atoms with Gasteiger partial charge in [0.25, 0.3) is 0 Å². The van der Waals surface area contributed by atoms with Gasteiger partial charge >= 0.3 is 5.97 Å². The molecule has 0 aliphatic carbocycles. The minimum atomic E-state index is -0.970. The summed E-state index contributed by atoms with van der Waals surface area (Å²) in [6, 6.07) is 6.47. The molecule has 2 heterocycles. The molecule has 0 unspecified atom stereocenters. The SMILES string of the molecule is COc1cc(N2CCN(Cc3cc(C(=O)O)c(C)o3)CC2)ccc1F. The van der Waals surface area contributed by atoms with Crippen LogP contribution in [0.4, 0.5) is 10.1 Å². The fourth-order valence-electron chi connectivity index (χ4n) is 3.06. The summed E-state index contributed by atoms with van der Waals surface area (Å²) in [4.78, 5) is 15.5. The molecule has 1 aromatic heterocycles. The van der Waals surface area contributed by atoms with E-state index in [0.717, 1.165) is 31.9 Å². The van der Waals surface area contributed by atoms with E-state index in [4.69, 9.17) is 14.3 Å². The highest BCUT2D eigenvalue weighted by Gasteiger charge is 2.21. The molecule has 1 aromatic carbocycles. The first-order chi connectivity index (χ1) is 12.0. The number of nitrogens with zero attached hydrogens (tertiary/aromatic N) is 2.